The van der Waals surface area contributed by atoms with Gasteiger partial charge >= 0.3 is 5.97 Å². The van der Waals surface area contributed by atoms with Gasteiger partial charge in [0.15, 0.2) is 12.4 Å². The molecule has 0 aliphatic carbocycles. The van der Waals surface area contributed by atoms with Gasteiger partial charge in [-0.05, 0) is 20.3 Å². The molecule has 0 aromatic heterocycles. The third-order valence-corrected chi connectivity index (χ3v) is 9.32. The number of ether oxygens (including phenoxy) is 13. The molecule has 280 valence electrons. The monoisotopic (exact) mass is 684 g/mol. The molecule has 0 radical (unpaired) electrons. The molecule has 14 nitrogen and oxygen atoms in total. The van der Waals surface area contributed by atoms with Gasteiger partial charge in [-0.2, -0.15) is 0 Å². The van der Waals surface area contributed by atoms with Crippen molar-refractivity contribution in [2.24, 2.45) is 11.8 Å². The number of rotatable bonds is 12. The molecule has 47 heavy (non-hydrogen) atoms. The zero-order valence-electron chi connectivity index (χ0n) is 31.3. The van der Waals surface area contributed by atoms with Crippen molar-refractivity contribution in [3.63, 3.8) is 0 Å². The highest BCUT2D eigenvalue weighted by Crippen LogP contribution is 2.31. The van der Waals surface area contributed by atoms with Crippen LogP contribution in [0.1, 0.15) is 41.0 Å². The Balaban J connectivity index is 0.000000353. The quantitative estimate of drug-likeness (QED) is 0.279. The Morgan fingerprint density at radius 2 is 0.979 bits per heavy atom. The molecule has 3 aliphatic rings. The number of hydrogen-bond donors (Lipinski definition) is 0. The smallest absolute Gasteiger partial charge is 0.335 e. The van der Waals surface area contributed by atoms with Gasteiger partial charge in [-0.15, -0.1) is 0 Å². The fourth-order valence-corrected chi connectivity index (χ4v) is 6.72. The van der Waals surface area contributed by atoms with Crippen LogP contribution in [-0.2, 0) is 66.4 Å². The summed E-state index contributed by atoms with van der Waals surface area (Å²) in [5.41, 5.74) is 0. The van der Waals surface area contributed by atoms with Crippen LogP contribution in [0.3, 0.4) is 0 Å². The van der Waals surface area contributed by atoms with E-state index in [-0.39, 0.29) is 84.9 Å². The van der Waals surface area contributed by atoms with Crippen LogP contribution in [0.25, 0.3) is 0 Å². The van der Waals surface area contributed by atoms with Crippen molar-refractivity contribution in [3.8, 4) is 0 Å². The molecule has 3 fully saturated rings. The first-order valence-electron chi connectivity index (χ1n) is 16.2. The third-order valence-electron chi connectivity index (χ3n) is 9.32. The van der Waals surface area contributed by atoms with Gasteiger partial charge in [-0.3, -0.25) is 0 Å². The van der Waals surface area contributed by atoms with Crippen LogP contribution in [0, 0.1) is 11.8 Å². The van der Waals surface area contributed by atoms with Crippen LogP contribution in [0.2, 0.25) is 0 Å². The largest absolute Gasteiger partial charge is 0.467 e. The molecule has 0 amide bonds. The van der Waals surface area contributed by atoms with E-state index < -0.39 is 12.4 Å². The third kappa shape index (κ3) is 11.2. The standard InChI is InChI=1S/C11H22O5.C11H20O5.C11H22O4/c1-6-7-8(12-2)9(13-3)10(14-4)11(15-5)16-7;1-6-8(13-3)10(14-4)7(2)16-9(6)11(12)15-5;1-7-9(6-12-3)15-8(2)11(14-5)10(7)13-4/h7-11H,6H2,1-5H3;6-10H,1-5H3;7-11H,6H2,1-5H3/t;6-,7?,8?,9?,10?;7-,8?,9?,10?,11?/m.01/s1. The topological polar surface area (TPSA) is 137 Å². The van der Waals surface area contributed by atoms with Crippen molar-refractivity contribution >= 4 is 5.97 Å². The van der Waals surface area contributed by atoms with E-state index in [2.05, 4.69) is 6.92 Å². The molecule has 0 N–H and O–H groups in total. The van der Waals surface area contributed by atoms with E-state index in [1.165, 1.54) is 7.11 Å². The lowest BCUT2D eigenvalue weighted by molar-refractivity contribution is -0.302. The van der Waals surface area contributed by atoms with Crippen LogP contribution >= 0.6 is 0 Å². The van der Waals surface area contributed by atoms with Gasteiger partial charge in [0, 0.05) is 75.8 Å². The van der Waals surface area contributed by atoms with Gasteiger partial charge in [0.1, 0.15) is 30.5 Å². The van der Waals surface area contributed by atoms with E-state index in [1.54, 1.807) is 64.0 Å². The molecule has 0 saturated carbocycles. The van der Waals surface area contributed by atoms with Gasteiger partial charge in [-0.25, -0.2) is 4.79 Å². The maximum atomic E-state index is 11.5. The van der Waals surface area contributed by atoms with Crippen molar-refractivity contribution in [1.82, 2.24) is 0 Å². The number of hydrogen-bond acceptors (Lipinski definition) is 14. The van der Waals surface area contributed by atoms with Crippen LogP contribution in [-0.4, -0.2) is 163 Å². The number of esters is 1. The van der Waals surface area contributed by atoms with E-state index in [1.807, 2.05) is 27.7 Å². The van der Waals surface area contributed by atoms with Gasteiger partial charge in [0.05, 0.1) is 50.3 Å². The second kappa shape index (κ2) is 22.7. The zero-order valence-corrected chi connectivity index (χ0v) is 31.3. The van der Waals surface area contributed by atoms with Crippen molar-refractivity contribution in [3.05, 3.63) is 0 Å². The minimum Gasteiger partial charge on any atom is -0.467 e. The average Bonchev–Trinajstić information content (AvgIpc) is 3.09. The second-order valence-corrected chi connectivity index (χ2v) is 11.9. The molecule has 0 bridgehead atoms. The Morgan fingerprint density at radius 1 is 0.511 bits per heavy atom. The zero-order chi connectivity index (χ0) is 35.8. The summed E-state index contributed by atoms with van der Waals surface area (Å²) >= 11 is 0. The van der Waals surface area contributed by atoms with Crippen molar-refractivity contribution < 1.29 is 66.4 Å². The lowest BCUT2D eigenvalue weighted by atomic mass is 9.88. The summed E-state index contributed by atoms with van der Waals surface area (Å²) in [6.07, 6.45) is -1.13. The molecule has 3 saturated heterocycles. The van der Waals surface area contributed by atoms with Crippen LogP contribution in [0.15, 0.2) is 0 Å². The predicted molar refractivity (Wildman–Crippen MR) is 172 cm³/mol. The Bertz CT molecular complexity index is 817. The summed E-state index contributed by atoms with van der Waals surface area (Å²) in [4.78, 5) is 11.5. The number of methoxy groups -OCH3 is 10. The Morgan fingerprint density at radius 3 is 1.38 bits per heavy atom. The van der Waals surface area contributed by atoms with Gasteiger partial charge in [0.25, 0.3) is 0 Å². The Labute approximate surface area is 282 Å². The second-order valence-electron chi connectivity index (χ2n) is 11.9. The van der Waals surface area contributed by atoms with Crippen LogP contribution < -0.4 is 0 Å². The summed E-state index contributed by atoms with van der Waals surface area (Å²) < 4.78 is 70.2. The van der Waals surface area contributed by atoms with Crippen molar-refractivity contribution in [2.75, 3.05) is 77.7 Å². The molecule has 3 rings (SSSR count). The normalized spacial score (nSPS) is 40.4. The highest BCUT2D eigenvalue weighted by Gasteiger charge is 2.47. The lowest BCUT2D eigenvalue weighted by Crippen LogP contribution is -2.59. The van der Waals surface area contributed by atoms with E-state index in [0.717, 1.165) is 6.42 Å². The molecular formula is C33H64O14. The molecule has 0 aromatic rings. The maximum absolute atomic E-state index is 11.5. The molecule has 0 aromatic carbocycles. The summed E-state index contributed by atoms with van der Waals surface area (Å²) in [6, 6.07) is 0. The number of carbonyl (C=O) groups is 1. The molecule has 14 heteroatoms. The van der Waals surface area contributed by atoms with Gasteiger partial charge in [0.2, 0.25) is 0 Å². The van der Waals surface area contributed by atoms with E-state index in [0.29, 0.717) is 6.61 Å². The summed E-state index contributed by atoms with van der Waals surface area (Å²) in [5, 5.41) is 0. The summed E-state index contributed by atoms with van der Waals surface area (Å²) in [6.45, 7) is 10.5. The number of carbonyl (C=O) groups excluding carboxylic acids is 1. The van der Waals surface area contributed by atoms with Crippen LogP contribution in [0.5, 0.6) is 0 Å². The first-order valence-corrected chi connectivity index (χ1v) is 16.2. The van der Waals surface area contributed by atoms with Gasteiger partial charge < -0.3 is 61.6 Å². The summed E-state index contributed by atoms with van der Waals surface area (Å²) in [7, 11) is 16.2. The molecule has 15 atom stereocenters. The SMILES string of the molecule is CCC1OC(OC)C(OC)C(OC)C1OC.COC(=O)C1OC(C)C(OC)C(OC)[C@@H]1C.COCC1OC(C)C(OC)C(OC)[C@@H]1C. The fraction of sp³-hybridized carbons (Fsp3) is 0.970. The molecule has 3 aliphatic heterocycles. The van der Waals surface area contributed by atoms with Crippen LogP contribution in [0.4, 0.5) is 0 Å². The molecular weight excluding hydrogens is 620 g/mol. The van der Waals surface area contributed by atoms with E-state index in [9.17, 15) is 4.79 Å². The van der Waals surface area contributed by atoms with Gasteiger partial charge in [-0.1, -0.05) is 20.8 Å². The average molecular weight is 685 g/mol. The lowest BCUT2D eigenvalue weighted by Gasteiger charge is -2.44. The molecule has 0 spiro atoms. The first-order chi connectivity index (χ1) is 22.4. The first kappa shape index (κ1) is 44.0. The Kier molecular flexibility index (Phi) is 21.2. The van der Waals surface area contributed by atoms with Crippen molar-refractivity contribution in [2.45, 2.75) is 121 Å². The highest BCUT2D eigenvalue weighted by molar-refractivity contribution is 5.75. The predicted octanol–water partition coefficient (Wildman–Crippen LogP) is 2.51. The minimum absolute atomic E-state index is 0.00175. The van der Waals surface area contributed by atoms with E-state index in [4.69, 9.17) is 61.6 Å². The minimum atomic E-state index is -0.587. The molecule has 13 unspecified atom stereocenters. The maximum Gasteiger partial charge on any atom is 0.335 e. The van der Waals surface area contributed by atoms with E-state index >= 15 is 0 Å². The molecule has 3 heterocycles. The summed E-state index contributed by atoms with van der Waals surface area (Å²) in [5.74, 6) is -0.189. The fourth-order valence-electron chi connectivity index (χ4n) is 6.72. The highest BCUT2D eigenvalue weighted by atomic mass is 16.7. The Hall–Kier alpha value is -1.01. The van der Waals surface area contributed by atoms with Crippen molar-refractivity contribution in [1.29, 1.82) is 0 Å².